The minimum atomic E-state index is -0.845. The number of benzene rings is 3. The van der Waals surface area contributed by atoms with Crippen LogP contribution in [0.3, 0.4) is 0 Å². The SMILES string of the molecule is CCOC(=O)c1ccc(NC(CC(O)c2ccc(O)cc2)c2ccc([N+](=O)[O-])cc2)cc1. The molecule has 0 radical (unpaired) electrons. The summed E-state index contributed by atoms with van der Waals surface area (Å²) in [4.78, 5) is 22.4. The third kappa shape index (κ3) is 5.83. The van der Waals surface area contributed by atoms with Crippen molar-refractivity contribution < 1.29 is 24.7 Å². The normalized spacial score (nSPS) is 12.6. The largest absolute Gasteiger partial charge is 0.508 e. The Morgan fingerprint density at radius 2 is 1.59 bits per heavy atom. The molecular formula is C24H24N2O6. The van der Waals surface area contributed by atoms with Crippen LogP contribution in [0.4, 0.5) is 11.4 Å². The molecule has 166 valence electrons. The van der Waals surface area contributed by atoms with Gasteiger partial charge in [0, 0.05) is 24.2 Å². The van der Waals surface area contributed by atoms with Crippen molar-refractivity contribution in [2.24, 2.45) is 0 Å². The fourth-order valence-electron chi connectivity index (χ4n) is 3.28. The number of hydrogen-bond donors (Lipinski definition) is 3. The predicted octanol–water partition coefficient (Wildman–Crippen LogP) is 4.75. The van der Waals surface area contributed by atoms with Gasteiger partial charge in [-0.15, -0.1) is 0 Å². The van der Waals surface area contributed by atoms with E-state index in [2.05, 4.69) is 5.32 Å². The Bertz CT molecular complexity index is 1050. The Kier molecular flexibility index (Phi) is 7.41. The van der Waals surface area contributed by atoms with E-state index in [1.165, 1.54) is 24.3 Å². The van der Waals surface area contributed by atoms with Crippen molar-refractivity contribution in [3.05, 3.63) is 99.6 Å². The Labute approximate surface area is 185 Å². The second kappa shape index (κ2) is 10.4. The Hall–Kier alpha value is -3.91. The van der Waals surface area contributed by atoms with Gasteiger partial charge in [-0.3, -0.25) is 10.1 Å². The highest BCUT2D eigenvalue weighted by molar-refractivity contribution is 5.89. The summed E-state index contributed by atoms with van der Waals surface area (Å²) in [5.41, 5.74) is 2.50. The lowest BCUT2D eigenvalue weighted by Crippen LogP contribution is -2.15. The van der Waals surface area contributed by atoms with Crippen LogP contribution in [-0.2, 0) is 4.74 Å². The number of ether oxygens (including phenoxy) is 1. The monoisotopic (exact) mass is 436 g/mol. The molecule has 3 aromatic carbocycles. The summed E-state index contributed by atoms with van der Waals surface area (Å²) in [6.45, 7) is 2.03. The lowest BCUT2D eigenvalue weighted by molar-refractivity contribution is -0.384. The average Bonchev–Trinajstić information content (AvgIpc) is 2.79. The summed E-state index contributed by atoms with van der Waals surface area (Å²) >= 11 is 0. The number of carbonyl (C=O) groups excluding carboxylic acids is 1. The van der Waals surface area contributed by atoms with Gasteiger partial charge >= 0.3 is 5.97 Å². The highest BCUT2D eigenvalue weighted by atomic mass is 16.6. The topological polar surface area (TPSA) is 122 Å². The van der Waals surface area contributed by atoms with Gasteiger partial charge in [0.25, 0.3) is 5.69 Å². The summed E-state index contributed by atoms with van der Waals surface area (Å²) in [5.74, 6) is -0.304. The van der Waals surface area contributed by atoms with Crippen LogP contribution >= 0.6 is 0 Å². The molecule has 0 aliphatic carbocycles. The molecule has 3 rings (SSSR count). The van der Waals surface area contributed by atoms with Gasteiger partial charge in [0.1, 0.15) is 5.75 Å². The molecule has 8 nitrogen and oxygen atoms in total. The number of non-ortho nitro benzene ring substituents is 1. The number of phenols is 1. The fraction of sp³-hybridized carbons (Fsp3) is 0.208. The van der Waals surface area contributed by atoms with Crippen molar-refractivity contribution in [1.29, 1.82) is 0 Å². The van der Waals surface area contributed by atoms with E-state index in [0.717, 1.165) is 5.56 Å². The average molecular weight is 436 g/mol. The molecule has 8 heteroatoms. The maximum absolute atomic E-state index is 11.9. The van der Waals surface area contributed by atoms with Crippen molar-refractivity contribution in [1.82, 2.24) is 0 Å². The van der Waals surface area contributed by atoms with Crippen LogP contribution in [0.2, 0.25) is 0 Å². The number of anilines is 1. The van der Waals surface area contributed by atoms with E-state index in [-0.39, 0.29) is 30.5 Å². The third-order valence-electron chi connectivity index (χ3n) is 4.98. The first-order valence-corrected chi connectivity index (χ1v) is 10.1. The first-order chi connectivity index (χ1) is 15.4. The summed E-state index contributed by atoms with van der Waals surface area (Å²) in [6, 6.07) is 18.8. The molecule has 0 aromatic heterocycles. The van der Waals surface area contributed by atoms with Crippen LogP contribution in [0.25, 0.3) is 0 Å². The Morgan fingerprint density at radius 1 is 1.00 bits per heavy atom. The van der Waals surface area contributed by atoms with Crippen LogP contribution in [0, 0.1) is 10.1 Å². The molecule has 0 aliphatic rings. The van der Waals surface area contributed by atoms with E-state index in [1.807, 2.05) is 0 Å². The summed E-state index contributed by atoms with van der Waals surface area (Å²) in [7, 11) is 0. The number of carbonyl (C=O) groups is 1. The molecule has 32 heavy (non-hydrogen) atoms. The third-order valence-corrected chi connectivity index (χ3v) is 4.98. The maximum Gasteiger partial charge on any atom is 0.338 e. The van der Waals surface area contributed by atoms with Crippen LogP contribution < -0.4 is 5.32 Å². The van der Waals surface area contributed by atoms with Gasteiger partial charge in [0.2, 0.25) is 0 Å². The lowest BCUT2D eigenvalue weighted by Gasteiger charge is -2.24. The number of aliphatic hydroxyl groups excluding tert-OH is 1. The molecule has 3 N–H and O–H groups in total. The van der Waals surface area contributed by atoms with Gasteiger partial charge in [-0.1, -0.05) is 24.3 Å². The number of esters is 1. The van der Waals surface area contributed by atoms with E-state index >= 15 is 0 Å². The number of rotatable bonds is 9. The standard InChI is InChI=1S/C24H24N2O6/c1-2-32-24(29)18-3-9-19(10-4-18)25-22(16-5-11-20(12-6-16)26(30)31)15-23(28)17-7-13-21(27)14-8-17/h3-14,22-23,25,27-28H,2,15H2,1H3. The van der Waals surface area contributed by atoms with E-state index in [4.69, 9.17) is 4.74 Å². The first kappa shape index (κ1) is 22.8. The molecule has 2 atom stereocenters. The van der Waals surface area contributed by atoms with Gasteiger partial charge in [-0.25, -0.2) is 4.79 Å². The smallest absolute Gasteiger partial charge is 0.338 e. The zero-order valence-corrected chi connectivity index (χ0v) is 17.5. The number of hydrogen-bond acceptors (Lipinski definition) is 7. The van der Waals surface area contributed by atoms with Gasteiger partial charge in [-0.05, 0) is 54.4 Å². The molecule has 0 aliphatic heterocycles. The fourth-order valence-corrected chi connectivity index (χ4v) is 3.28. The first-order valence-electron chi connectivity index (χ1n) is 10.1. The van der Waals surface area contributed by atoms with Crippen LogP contribution in [0.15, 0.2) is 72.8 Å². The van der Waals surface area contributed by atoms with E-state index in [1.54, 1.807) is 55.5 Å². The molecule has 0 bridgehead atoms. The van der Waals surface area contributed by atoms with Gasteiger partial charge in [0.05, 0.1) is 29.2 Å². The number of nitro benzene ring substituents is 1. The summed E-state index contributed by atoms with van der Waals surface area (Å²) in [5, 5.41) is 34.5. The number of nitrogens with one attached hydrogen (secondary N) is 1. The van der Waals surface area contributed by atoms with Crippen molar-refractivity contribution in [2.75, 3.05) is 11.9 Å². The quantitative estimate of drug-likeness (QED) is 0.251. The van der Waals surface area contributed by atoms with Gasteiger partial charge in [0.15, 0.2) is 0 Å². The molecule has 2 unspecified atom stereocenters. The second-order valence-corrected chi connectivity index (χ2v) is 7.19. The lowest BCUT2D eigenvalue weighted by atomic mass is 9.96. The number of phenolic OH excluding ortho intramolecular Hbond substituents is 1. The van der Waals surface area contributed by atoms with Crippen molar-refractivity contribution in [3.63, 3.8) is 0 Å². The number of aromatic hydroxyl groups is 1. The summed E-state index contributed by atoms with van der Waals surface area (Å²) < 4.78 is 4.99. The second-order valence-electron chi connectivity index (χ2n) is 7.19. The minimum Gasteiger partial charge on any atom is -0.508 e. The number of nitrogens with zero attached hydrogens (tertiary/aromatic N) is 1. The maximum atomic E-state index is 11.9. The summed E-state index contributed by atoms with van der Waals surface area (Å²) in [6.07, 6.45) is -0.579. The van der Waals surface area contributed by atoms with Crippen molar-refractivity contribution in [2.45, 2.75) is 25.5 Å². The Balaban J connectivity index is 1.83. The Morgan fingerprint density at radius 3 is 2.16 bits per heavy atom. The van der Waals surface area contributed by atoms with E-state index in [0.29, 0.717) is 16.8 Å². The van der Waals surface area contributed by atoms with E-state index < -0.39 is 17.0 Å². The number of nitro groups is 1. The molecule has 0 spiro atoms. The molecule has 0 fully saturated rings. The minimum absolute atomic E-state index is 0.0228. The van der Waals surface area contributed by atoms with Crippen molar-refractivity contribution in [3.8, 4) is 5.75 Å². The molecule has 0 saturated heterocycles. The molecule has 0 saturated carbocycles. The zero-order valence-electron chi connectivity index (χ0n) is 17.5. The van der Waals surface area contributed by atoms with Crippen LogP contribution in [0.5, 0.6) is 5.75 Å². The van der Waals surface area contributed by atoms with Gasteiger partial charge in [-0.2, -0.15) is 0 Å². The molecular weight excluding hydrogens is 412 g/mol. The number of aliphatic hydroxyl groups is 1. The van der Waals surface area contributed by atoms with Crippen LogP contribution in [0.1, 0.15) is 47.0 Å². The molecule has 3 aromatic rings. The highest BCUT2D eigenvalue weighted by Gasteiger charge is 2.19. The van der Waals surface area contributed by atoms with Crippen molar-refractivity contribution >= 4 is 17.3 Å². The zero-order chi connectivity index (χ0) is 23.1. The molecule has 0 heterocycles. The van der Waals surface area contributed by atoms with Crippen LogP contribution in [-0.4, -0.2) is 27.7 Å². The predicted molar refractivity (Wildman–Crippen MR) is 120 cm³/mol. The van der Waals surface area contributed by atoms with Gasteiger partial charge < -0.3 is 20.3 Å². The highest BCUT2D eigenvalue weighted by Crippen LogP contribution is 2.31. The van der Waals surface area contributed by atoms with E-state index in [9.17, 15) is 25.1 Å². The molecule has 0 amide bonds.